The number of halogens is 1. The van der Waals surface area contributed by atoms with Crippen molar-refractivity contribution in [3.63, 3.8) is 0 Å². The maximum absolute atomic E-state index is 12.3. The highest BCUT2D eigenvalue weighted by molar-refractivity contribution is 7.89. The van der Waals surface area contributed by atoms with E-state index < -0.39 is 10.0 Å². The van der Waals surface area contributed by atoms with Crippen LogP contribution in [0.1, 0.15) is 11.1 Å². The third-order valence-electron chi connectivity index (χ3n) is 2.92. The van der Waals surface area contributed by atoms with E-state index in [-0.39, 0.29) is 17.1 Å². The summed E-state index contributed by atoms with van der Waals surface area (Å²) in [5.74, 6) is 0. The molecule has 0 radical (unpaired) electrons. The lowest BCUT2D eigenvalue weighted by atomic mass is 10.2. The van der Waals surface area contributed by atoms with Crippen molar-refractivity contribution in [2.24, 2.45) is 0 Å². The number of hydrogen-bond acceptors (Lipinski definition) is 3. The Morgan fingerprint density at radius 3 is 2.50 bits per heavy atom. The van der Waals surface area contributed by atoms with E-state index in [0.29, 0.717) is 16.1 Å². The summed E-state index contributed by atoms with van der Waals surface area (Å²) in [4.78, 5) is 0.118. The van der Waals surface area contributed by atoms with Crippen molar-refractivity contribution in [3.8, 4) is 0 Å². The zero-order valence-corrected chi connectivity index (χ0v) is 12.5. The second kappa shape index (κ2) is 5.83. The molecule has 106 valence electrons. The first kappa shape index (κ1) is 14.8. The summed E-state index contributed by atoms with van der Waals surface area (Å²) in [5, 5.41) is 0.521. The van der Waals surface area contributed by atoms with Gasteiger partial charge >= 0.3 is 0 Å². The number of aryl methyl sites for hydroxylation is 1. The van der Waals surface area contributed by atoms with Gasteiger partial charge in [0.25, 0.3) is 0 Å². The minimum atomic E-state index is -3.67. The molecule has 0 saturated heterocycles. The Bertz CT molecular complexity index is 709. The van der Waals surface area contributed by atoms with Crippen LogP contribution in [-0.2, 0) is 16.6 Å². The van der Waals surface area contributed by atoms with E-state index in [1.807, 2.05) is 0 Å². The normalized spacial score (nSPS) is 11.5. The van der Waals surface area contributed by atoms with Gasteiger partial charge in [0.05, 0.1) is 5.69 Å². The predicted molar refractivity (Wildman–Crippen MR) is 81.1 cm³/mol. The molecule has 2 aromatic carbocycles. The summed E-state index contributed by atoms with van der Waals surface area (Å²) < 4.78 is 27.2. The van der Waals surface area contributed by atoms with Gasteiger partial charge in [0.2, 0.25) is 10.0 Å². The van der Waals surface area contributed by atoms with E-state index in [1.54, 1.807) is 49.4 Å². The van der Waals surface area contributed by atoms with E-state index in [2.05, 4.69) is 4.72 Å². The number of rotatable bonds is 4. The lowest BCUT2D eigenvalue weighted by Gasteiger charge is -2.12. The van der Waals surface area contributed by atoms with Crippen LogP contribution in [0.2, 0.25) is 5.02 Å². The van der Waals surface area contributed by atoms with Crippen molar-refractivity contribution in [1.29, 1.82) is 0 Å². The van der Waals surface area contributed by atoms with Gasteiger partial charge in [-0.1, -0.05) is 41.9 Å². The zero-order chi connectivity index (χ0) is 14.8. The van der Waals surface area contributed by atoms with Crippen LogP contribution in [0.4, 0.5) is 5.69 Å². The van der Waals surface area contributed by atoms with Crippen LogP contribution in [-0.4, -0.2) is 8.42 Å². The van der Waals surface area contributed by atoms with Crippen molar-refractivity contribution in [2.75, 3.05) is 5.73 Å². The second-order valence-corrected chi connectivity index (χ2v) is 6.52. The summed E-state index contributed by atoms with van der Waals surface area (Å²) in [6.45, 7) is 1.83. The maximum Gasteiger partial charge on any atom is 0.243 e. The molecule has 0 aliphatic carbocycles. The van der Waals surface area contributed by atoms with Gasteiger partial charge in [0.1, 0.15) is 4.90 Å². The Morgan fingerprint density at radius 2 is 1.85 bits per heavy atom. The molecule has 0 aliphatic heterocycles. The first-order chi connectivity index (χ1) is 9.42. The summed E-state index contributed by atoms with van der Waals surface area (Å²) in [7, 11) is -3.67. The van der Waals surface area contributed by atoms with Crippen LogP contribution in [0.5, 0.6) is 0 Å². The molecule has 6 heteroatoms. The third kappa shape index (κ3) is 3.12. The molecule has 0 saturated carbocycles. The fraction of sp³-hybridized carbons (Fsp3) is 0.143. The van der Waals surface area contributed by atoms with Crippen LogP contribution in [0.15, 0.2) is 47.4 Å². The molecule has 2 rings (SSSR count). The molecule has 2 aromatic rings. The van der Waals surface area contributed by atoms with Gasteiger partial charge in [-0.15, -0.1) is 0 Å². The molecule has 0 fully saturated rings. The first-order valence-corrected chi connectivity index (χ1v) is 7.86. The molecule has 0 aromatic heterocycles. The van der Waals surface area contributed by atoms with Crippen LogP contribution in [0.25, 0.3) is 0 Å². The fourth-order valence-electron chi connectivity index (χ4n) is 1.93. The highest BCUT2D eigenvalue weighted by Crippen LogP contribution is 2.23. The van der Waals surface area contributed by atoms with E-state index in [1.165, 1.54) is 0 Å². The summed E-state index contributed by atoms with van der Waals surface area (Å²) >= 11 is 6.00. The molecule has 0 heterocycles. The Kier molecular flexibility index (Phi) is 4.32. The number of benzene rings is 2. The first-order valence-electron chi connectivity index (χ1n) is 6.00. The van der Waals surface area contributed by atoms with Crippen LogP contribution in [0, 0.1) is 6.92 Å². The van der Waals surface area contributed by atoms with E-state index >= 15 is 0 Å². The Labute approximate surface area is 123 Å². The summed E-state index contributed by atoms with van der Waals surface area (Å²) in [6, 6.07) is 12.1. The van der Waals surface area contributed by atoms with Crippen LogP contribution >= 0.6 is 11.6 Å². The van der Waals surface area contributed by atoms with Gasteiger partial charge in [0.15, 0.2) is 0 Å². The van der Waals surface area contributed by atoms with Gasteiger partial charge in [-0.2, -0.15) is 0 Å². The SMILES string of the molecule is Cc1cccc(N)c1S(=O)(=O)NCc1ccccc1Cl. The molecule has 0 aliphatic rings. The van der Waals surface area contributed by atoms with Gasteiger partial charge < -0.3 is 5.73 Å². The van der Waals surface area contributed by atoms with Crippen LogP contribution in [0.3, 0.4) is 0 Å². The monoisotopic (exact) mass is 310 g/mol. The maximum atomic E-state index is 12.3. The highest BCUT2D eigenvalue weighted by Gasteiger charge is 2.19. The molecular formula is C14H15ClN2O2S. The second-order valence-electron chi connectivity index (χ2n) is 4.41. The predicted octanol–water partition coefficient (Wildman–Crippen LogP) is 2.71. The molecule has 0 bridgehead atoms. The van der Waals surface area contributed by atoms with Crippen molar-refractivity contribution < 1.29 is 8.42 Å². The largest absolute Gasteiger partial charge is 0.398 e. The molecule has 0 amide bonds. The van der Waals surface area contributed by atoms with Gasteiger partial charge in [-0.05, 0) is 30.2 Å². The van der Waals surface area contributed by atoms with Crippen molar-refractivity contribution in [2.45, 2.75) is 18.4 Å². The summed E-state index contributed by atoms with van der Waals surface area (Å²) in [5.41, 5.74) is 7.32. The zero-order valence-electron chi connectivity index (χ0n) is 10.9. The average Bonchev–Trinajstić information content (AvgIpc) is 2.37. The standard InChI is InChI=1S/C14H15ClN2O2S/c1-10-5-4-8-13(16)14(10)20(18,19)17-9-11-6-2-3-7-12(11)15/h2-8,17H,9,16H2,1H3. The number of anilines is 1. The Morgan fingerprint density at radius 1 is 1.15 bits per heavy atom. The third-order valence-corrected chi connectivity index (χ3v) is 4.91. The molecule has 0 atom stereocenters. The summed E-state index contributed by atoms with van der Waals surface area (Å²) in [6.07, 6.45) is 0. The van der Waals surface area contributed by atoms with Gasteiger partial charge in [-0.3, -0.25) is 0 Å². The van der Waals surface area contributed by atoms with Crippen molar-refractivity contribution in [3.05, 3.63) is 58.6 Å². The topological polar surface area (TPSA) is 72.2 Å². The average molecular weight is 311 g/mol. The molecular weight excluding hydrogens is 296 g/mol. The number of sulfonamides is 1. The number of nitrogens with one attached hydrogen (secondary N) is 1. The van der Waals surface area contributed by atoms with E-state index in [9.17, 15) is 8.42 Å². The van der Waals surface area contributed by atoms with Crippen molar-refractivity contribution in [1.82, 2.24) is 4.72 Å². The number of nitrogens with two attached hydrogens (primary N) is 1. The highest BCUT2D eigenvalue weighted by atomic mass is 35.5. The molecule has 0 unspecified atom stereocenters. The van der Waals surface area contributed by atoms with E-state index in [4.69, 9.17) is 17.3 Å². The fourth-order valence-corrected chi connectivity index (χ4v) is 3.49. The van der Waals surface area contributed by atoms with Gasteiger partial charge in [-0.25, -0.2) is 13.1 Å². The number of hydrogen-bond donors (Lipinski definition) is 2. The van der Waals surface area contributed by atoms with Gasteiger partial charge in [0, 0.05) is 11.6 Å². The minimum absolute atomic E-state index is 0.118. The minimum Gasteiger partial charge on any atom is -0.398 e. The van der Waals surface area contributed by atoms with Crippen LogP contribution < -0.4 is 10.5 Å². The van der Waals surface area contributed by atoms with Crippen molar-refractivity contribution >= 4 is 27.3 Å². The quantitative estimate of drug-likeness (QED) is 0.853. The van der Waals surface area contributed by atoms with E-state index in [0.717, 1.165) is 0 Å². The smallest absolute Gasteiger partial charge is 0.243 e. The number of nitrogen functional groups attached to an aromatic ring is 1. The molecule has 20 heavy (non-hydrogen) atoms. The Hall–Kier alpha value is -1.56. The Balaban J connectivity index is 2.27. The lowest BCUT2D eigenvalue weighted by Crippen LogP contribution is -2.25. The molecule has 4 nitrogen and oxygen atoms in total. The molecule has 3 N–H and O–H groups in total. The lowest BCUT2D eigenvalue weighted by molar-refractivity contribution is 0.581. The molecule has 0 spiro atoms.